The molecule has 2 aromatic carbocycles. The normalized spacial score (nSPS) is 10.3. The third-order valence-electron chi connectivity index (χ3n) is 3.97. The van der Waals surface area contributed by atoms with Gasteiger partial charge in [-0.25, -0.2) is 4.98 Å². The number of aromatic nitrogens is 2. The molecule has 0 atom stereocenters. The van der Waals surface area contributed by atoms with Gasteiger partial charge in [0, 0.05) is 25.5 Å². The first-order valence-corrected chi connectivity index (χ1v) is 8.25. The van der Waals surface area contributed by atoms with Gasteiger partial charge in [-0.2, -0.15) is 4.98 Å². The Bertz CT molecular complexity index is 790. The van der Waals surface area contributed by atoms with Crippen molar-refractivity contribution in [2.75, 3.05) is 30.9 Å². The summed E-state index contributed by atoms with van der Waals surface area (Å²) in [7, 11) is 3.64. The molecule has 3 aromatic rings. The number of hydrogen-bond acceptors (Lipinski definition) is 5. The molecule has 1 aromatic heterocycles. The van der Waals surface area contributed by atoms with E-state index in [9.17, 15) is 0 Å². The van der Waals surface area contributed by atoms with E-state index in [4.69, 9.17) is 4.74 Å². The molecule has 5 heteroatoms. The van der Waals surface area contributed by atoms with Gasteiger partial charge < -0.3 is 15.0 Å². The minimum atomic E-state index is 0.667. The van der Waals surface area contributed by atoms with Crippen molar-refractivity contribution in [3.05, 3.63) is 72.4 Å². The first kappa shape index (κ1) is 16.8. The Morgan fingerprint density at radius 3 is 2.48 bits per heavy atom. The lowest BCUT2D eigenvalue weighted by Crippen LogP contribution is -2.14. The van der Waals surface area contributed by atoms with Gasteiger partial charge in [-0.05, 0) is 42.3 Å². The third kappa shape index (κ3) is 4.47. The van der Waals surface area contributed by atoms with E-state index < -0.39 is 0 Å². The van der Waals surface area contributed by atoms with Crippen LogP contribution in [0, 0.1) is 0 Å². The van der Waals surface area contributed by atoms with E-state index in [1.807, 2.05) is 60.5 Å². The van der Waals surface area contributed by atoms with E-state index in [0.29, 0.717) is 5.95 Å². The van der Waals surface area contributed by atoms with Crippen molar-refractivity contribution in [2.24, 2.45) is 0 Å². The topological polar surface area (TPSA) is 50.3 Å². The zero-order chi connectivity index (χ0) is 17.5. The van der Waals surface area contributed by atoms with Crippen LogP contribution in [0.5, 0.6) is 5.75 Å². The predicted octanol–water partition coefficient (Wildman–Crippen LogP) is 3.91. The lowest BCUT2D eigenvalue weighted by atomic mass is 10.1. The van der Waals surface area contributed by atoms with Gasteiger partial charge in [-0.3, -0.25) is 0 Å². The summed E-state index contributed by atoms with van der Waals surface area (Å²) in [5, 5.41) is 3.36. The Morgan fingerprint density at radius 2 is 1.76 bits per heavy atom. The number of ether oxygens (including phenoxy) is 1. The van der Waals surface area contributed by atoms with Gasteiger partial charge in [0.1, 0.15) is 11.6 Å². The van der Waals surface area contributed by atoms with E-state index in [1.165, 1.54) is 5.56 Å². The fourth-order valence-electron chi connectivity index (χ4n) is 2.50. The van der Waals surface area contributed by atoms with Gasteiger partial charge in [-0.15, -0.1) is 0 Å². The quantitative estimate of drug-likeness (QED) is 0.710. The summed E-state index contributed by atoms with van der Waals surface area (Å²) in [5.74, 6) is 2.36. The third-order valence-corrected chi connectivity index (χ3v) is 3.97. The maximum Gasteiger partial charge on any atom is 0.231 e. The van der Waals surface area contributed by atoms with Gasteiger partial charge in [0.25, 0.3) is 0 Å². The molecule has 0 aliphatic rings. The van der Waals surface area contributed by atoms with Crippen LogP contribution in [-0.2, 0) is 6.42 Å². The molecule has 128 valence electrons. The Hall–Kier alpha value is -3.08. The molecule has 3 rings (SSSR count). The van der Waals surface area contributed by atoms with E-state index >= 15 is 0 Å². The fourth-order valence-corrected chi connectivity index (χ4v) is 2.50. The summed E-state index contributed by atoms with van der Waals surface area (Å²) in [6.45, 7) is 0.803. The summed E-state index contributed by atoms with van der Waals surface area (Å²) in [6.07, 6.45) is 2.69. The molecule has 0 aliphatic carbocycles. The number of benzene rings is 2. The summed E-state index contributed by atoms with van der Waals surface area (Å²) in [6, 6.07) is 20.1. The van der Waals surface area contributed by atoms with Crippen LogP contribution >= 0.6 is 0 Å². The number of methoxy groups -OCH3 is 1. The largest absolute Gasteiger partial charge is 0.497 e. The molecule has 25 heavy (non-hydrogen) atoms. The molecule has 1 heterocycles. The number of nitrogens with zero attached hydrogens (tertiary/aromatic N) is 3. The van der Waals surface area contributed by atoms with E-state index in [0.717, 1.165) is 30.2 Å². The van der Waals surface area contributed by atoms with Crippen molar-refractivity contribution in [1.29, 1.82) is 0 Å². The molecule has 0 unspecified atom stereocenters. The zero-order valence-corrected chi connectivity index (χ0v) is 14.5. The van der Waals surface area contributed by atoms with Crippen molar-refractivity contribution in [3.63, 3.8) is 0 Å². The summed E-state index contributed by atoms with van der Waals surface area (Å²) >= 11 is 0. The van der Waals surface area contributed by atoms with E-state index in [-0.39, 0.29) is 0 Å². The van der Waals surface area contributed by atoms with Crippen LogP contribution in [-0.4, -0.2) is 30.7 Å². The molecule has 0 aliphatic heterocycles. The maximum atomic E-state index is 5.18. The second kappa shape index (κ2) is 8.15. The Balaban J connectivity index is 1.59. The number of nitrogens with one attached hydrogen (secondary N) is 1. The van der Waals surface area contributed by atoms with E-state index in [2.05, 4.69) is 27.4 Å². The summed E-state index contributed by atoms with van der Waals surface area (Å²) < 4.78 is 5.18. The highest BCUT2D eigenvalue weighted by Gasteiger charge is 2.07. The molecule has 5 nitrogen and oxygen atoms in total. The van der Waals surface area contributed by atoms with Crippen LogP contribution < -0.4 is 15.0 Å². The summed E-state index contributed by atoms with van der Waals surface area (Å²) in [5.41, 5.74) is 2.31. The molecular weight excluding hydrogens is 312 g/mol. The van der Waals surface area contributed by atoms with Crippen LogP contribution in [0.3, 0.4) is 0 Å². The Kier molecular flexibility index (Phi) is 5.46. The second-order valence-electron chi connectivity index (χ2n) is 5.66. The summed E-state index contributed by atoms with van der Waals surface area (Å²) in [4.78, 5) is 10.9. The highest BCUT2D eigenvalue weighted by molar-refractivity contribution is 5.57. The first-order valence-electron chi connectivity index (χ1n) is 8.25. The number of rotatable bonds is 7. The lowest BCUT2D eigenvalue weighted by Gasteiger charge is -2.17. The van der Waals surface area contributed by atoms with Crippen molar-refractivity contribution < 1.29 is 4.74 Å². The molecular formula is C20H22N4O. The monoisotopic (exact) mass is 334 g/mol. The SMILES string of the molecule is COc1ccc(CCNc2ccnc(N(C)c3ccccc3)n2)cc1. The fraction of sp³-hybridized carbons (Fsp3) is 0.200. The molecule has 1 N–H and O–H groups in total. The predicted molar refractivity (Wildman–Crippen MR) is 102 cm³/mol. The van der Waals surface area contributed by atoms with Gasteiger partial charge in [0.05, 0.1) is 7.11 Å². The van der Waals surface area contributed by atoms with Crippen LogP contribution in [0.4, 0.5) is 17.5 Å². The zero-order valence-electron chi connectivity index (χ0n) is 14.5. The first-order chi connectivity index (χ1) is 12.3. The Morgan fingerprint density at radius 1 is 1.00 bits per heavy atom. The molecule has 0 amide bonds. The standard InChI is InChI=1S/C20H22N4O/c1-24(17-6-4-3-5-7-17)20-22-15-13-19(23-20)21-14-12-16-8-10-18(25-2)11-9-16/h3-11,13,15H,12,14H2,1-2H3,(H,21,22,23). The van der Waals surface area contributed by atoms with Crippen molar-refractivity contribution in [1.82, 2.24) is 9.97 Å². The maximum absolute atomic E-state index is 5.18. The molecule has 0 saturated heterocycles. The van der Waals surface area contributed by atoms with Gasteiger partial charge in [0.2, 0.25) is 5.95 Å². The minimum Gasteiger partial charge on any atom is -0.497 e. The number of para-hydroxylation sites is 1. The molecule has 0 saturated carbocycles. The van der Waals surface area contributed by atoms with Gasteiger partial charge in [0.15, 0.2) is 0 Å². The highest BCUT2D eigenvalue weighted by atomic mass is 16.5. The molecule has 0 fully saturated rings. The smallest absolute Gasteiger partial charge is 0.231 e. The van der Waals surface area contributed by atoms with Crippen molar-refractivity contribution >= 4 is 17.5 Å². The number of anilines is 3. The highest BCUT2D eigenvalue weighted by Crippen LogP contribution is 2.20. The molecule has 0 spiro atoms. The minimum absolute atomic E-state index is 0.667. The van der Waals surface area contributed by atoms with Crippen molar-refractivity contribution in [3.8, 4) is 5.75 Å². The average Bonchev–Trinajstić information content (AvgIpc) is 2.69. The van der Waals surface area contributed by atoms with Crippen molar-refractivity contribution in [2.45, 2.75) is 6.42 Å². The average molecular weight is 334 g/mol. The van der Waals surface area contributed by atoms with Gasteiger partial charge >= 0.3 is 0 Å². The lowest BCUT2D eigenvalue weighted by molar-refractivity contribution is 0.414. The van der Waals surface area contributed by atoms with Crippen LogP contribution in [0.2, 0.25) is 0 Å². The molecule has 0 bridgehead atoms. The Labute approximate surface area is 148 Å². The van der Waals surface area contributed by atoms with E-state index in [1.54, 1.807) is 13.3 Å². The second-order valence-corrected chi connectivity index (χ2v) is 5.66. The van der Waals surface area contributed by atoms with Crippen LogP contribution in [0.1, 0.15) is 5.56 Å². The number of hydrogen-bond donors (Lipinski definition) is 1. The van der Waals surface area contributed by atoms with Crippen LogP contribution in [0.25, 0.3) is 0 Å². The van der Waals surface area contributed by atoms with Crippen LogP contribution in [0.15, 0.2) is 66.9 Å². The molecule has 0 radical (unpaired) electrons. The van der Waals surface area contributed by atoms with Gasteiger partial charge in [-0.1, -0.05) is 30.3 Å².